The fraction of sp³-hybridized carbons (Fsp3) is 0.833. The summed E-state index contributed by atoms with van der Waals surface area (Å²) in [7, 11) is 0. The number of carbonyl (C=O) groups excluding carboxylic acids is 1. The van der Waals surface area contributed by atoms with Gasteiger partial charge >= 0.3 is 0 Å². The van der Waals surface area contributed by atoms with E-state index in [9.17, 15) is 4.79 Å². The lowest BCUT2D eigenvalue weighted by Gasteiger charge is -2.19. The summed E-state index contributed by atoms with van der Waals surface area (Å²) in [4.78, 5) is 11.4. The quantitative estimate of drug-likeness (QED) is 0.552. The van der Waals surface area contributed by atoms with E-state index in [1.54, 1.807) is 0 Å². The van der Waals surface area contributed by atoms with Crippen LogP contribution in [0.25, 0.3) is 0 Å². The van der Waals surface area contributed by atoms with Crippen molar-refractivity contribution in [3.63, 3.8) is 0 Å². The van der Waals surface area contributed by atoms with Gasteiger partial charge in [-0.1, -0.05) is 57.4 Å². The van der Waals surface area contributed by atoms with Gasteiger partial charge in [0.15, 0.2) is 5.78 Å². The molecule has 0 spiro atoms. The van der Waals surface area contributed by atoms with Gasteiger partial charge in [-0.3, -0.25) is 4.79 Å². The number of aliphatic hydroxyl groups is 1. The summed E-state index contributed by atoms with van der Waals surface area (Å²) in [6, 6.07) is 0. The standard InChI is InChI=1S/C18H32O2/c1-16-12-13-18(20)15-17(16)11-9-7-5-3-2-4-6-8-10-14-19/h15-16,19H,2-14H2,1H3. The SMILES string of the molecule is CC1CCC(=O)C=C1CCCCCCCCCCCO. The topological polar surface area (TPSA) is 37.3 Å². The lowest BCUT2D eigenvalue weighted by atomic mass is 9.85. The Morgan fingerprint density at radius 2 is 1.55 bits per heavy atom. The average Bonchev–Trinajstić information content (AvgIpc) is 2.44. The molecule has 2 nitrogen and oxygen atoms in total. The maximum atomic E-state index is 11.4. The molecule has 116 valence electrons. The number of hydrogen-bond donors (Lipinski definition) is 1. The van der Waals surface area contributed by atoms with Gasteiger partial charge < -0.3 is 5.11 Å². The van der Waals surface area contributed by atoms with E-state index in [0.29, 0.717) is 18.3 Å². The molecule has 1 unspecified atom stereocenters. The molecule has 0 saturated carbocycles. The summed E-state index contributed by atoms with van der Waals surface area (Å²) in [6.07, 6.45) is 16.1. The van der Waals surface area contributed by atoms with Crippen molar-refractivity contribution in [2.45, 2.75) is 84.0 Å². The van der Waals surface area contributed by atoms with Crippen LogP contribution in [0.4, 0.5) is 0 Å². The van der Waals surface area contributed by atoms with Crippen molar-refractivity contribution in [2.75, 3.05) is 6.61 Å². The zero-order chi connectivity index (χ0) is 14.6. The van der Waals surface area contributed by atoms with E-state index < -0.39 is 0 Å². The first-order valence-electron chi connectivity index (χ1n) is 8.58. The summed E-state index contributed by atoms with van der Waals surface area (Å²) in [5, 5.41) is 8.68. The predicted octanol–water partition coefficient (Wildman–Crippen LogP) is 4.81. The molecule has 0 aromatic carbocycles. The van der Waals surface area contributed by atoms with Crippen molar-refractivity contribution in [3.05, 3.63) is 11.6 Å². The lowest BCUT2D eigenvalue weighted by Crippen LogP contribution is -2.11. The van der Waals surface area contributed by atoms with Crippen molar-refractivity contribution in [2.24, 2.45) is 5.92 Å². The minimum atomic E-state index is 0.334. The Kier molecular flexibility index (Phi) is 9.65. The van der Waals surface area contributed by atoms with Gasteiger partial charge in [-0.2, -0.15) is 0 Å². The third kappa shape index (κ3) is 7.84. The van der Waals surface area contributed by atoms with Crippen LogP contribution in [0, 0.1) is 5.92 Å². The van der Waals surface area contributed by atoms with Crippen LogP contribution in [0.15, 0.2) is 11.6 Å². The van der Waals surface area contributed by atoms with E-state index >= 15 is 0 Å². The first-order valence-corrected chi connectivity index (χ1v) is 8.58. The van der Waals surface area contributed by atoms with Crippen molar-refractivity contribution >= 4 is 5.78 Å². The molecule has 0 radical (unpaired) electrons. The maximum Gasteiger partial charge on any atom is 0.155 e. The third-order valence-electron chi connectivity index (χ3n) is 4.43. The number of unbranched alkanes of at least 4 members (excludes halogenated alkanes) is 8. The molecule has 0 amide bonds. The van der Waals surface area contributed by atoms with Crippen LogP contribution in [0.3, 0.4) is 0 Å². The molecule has 1 N–H and O–H groups in total. The number of hydrogen-bond acceptors (Lipinski definition) is 2. The van der Waals surface area contributed by atoms with Crippen LogP contribution >= 0.6 is 0 Å². The summed E-state index contributed by atoms with van der Waals surface area (Å²) in [5.41, 5.74) is 1.39. The normalized spacial score (nSPS) is 19.2. The molecular formula is C18H32O2. The number of allylic oxidation sites excluding steroid dienone is 2. The van der Waals surface area contributed by atoms with E-state index in [2.05, 4.69) is 6.92 Å². The zero-order valence-corrected chi connectivity index (χ0v) is 13.2. The van der Waals surface area contributed by atoms with Crippen molar-refractivity contribution in [3.8, 4) is 0 Å². The highest BCUT2D eigenvalue weighted by Crippen LogP contribution is 2.26. The van der Waals surface area contributed by atoms with Gasteiger partial charge in [-0.05, 0) is 37.7 Å². The van der Waals surface area contributed by atoms with Crippen molar-refractivity contribution < 1.29 is 9.90 Å². The molecule has 1 rings (SSSR count). The van der Waals surface area contributed by atoms with E-state index in [1.165, 1.54) is 56.9 Å². The monoisotopic (exact) mass is 280 g/mol. The van der Waals surface area contributed by atoms with Crippen LogP contribution in [0.5, 0.6) is 0 Å². The average molecular weight is 280 g/mol. The van der Waals surface area contributed by atoms with Crippen molar-refractivity contribution in [1.29, 1.82) is 0 Å². The first kappa shape index (κ1) is 17.4. The molecule has 0 aliphatic heterocycles. The Morgan fingerprint density at radius 3 is 2.15 bits per heavy atom. The first-order chi connectivity index (χ1) is 9.74. The Bertz CT molecular complexity index is 294. The molecule has 0 saturated heterocycles. The number of aliphatic hydroxyl groups excluding tert-OH is 1. The second-order valence-electron chi connectivity index (χ2n) is 6.28. The van der Waals surface area contributed by atoms with Crippen molar-refractivity contribution in [1.82, 2.24) is 0 Å². The van der Waals surface area contributed by atoms with Gasteiger partial charge in [0.2, 0.25) is 0 Å². The van der Waals surface area contributed by atoms with Crippen LogP contribution in [-0.4, -0.2) is 17.5 Å². The minimum Gasteiger partial charge on any atom is -0.396 e. The highest BCUT2D eigenvalue weighted by Gasteiger charge is 2.16. The maximum absolute atomic E-state index is 11.4. The Hall–Kier alpha value is -0.630. The second-order valence-corrected chi connectivity index (χ2v) is 6.28. The van der Waals surface area contributed by atoms with Crippen LogP contribution in [0.1, 0.15) is 84.0 Å². The molecule has 20 heavy (non-hydrogen) atoms. The Morgan fingerprint density at radius 1 is 1.00 bits per heavy atom. The Labute approximate surface area is 124 Å². The molecule has 0 heterocycles. The molecule has 0 aromatic heterocycles. The minimum absolute atomic E-state index is 0.334. The van der Waals surface area contributed by atoms with Gasteiger partial charge in [0.1, 0.15) is 0 Å². The van der Waals surface area contributed by atoms with Gasteiger partial charge in [0, 0.05) is 13.0 Å². The molecule has 0 fully saturated rings. The molecule has 2 heteroatoms. The zero-order valence-electron chi connectivity index (χ0n) is 13.2. The van der Waals surface area contributed by atoms with Gasteiger partial charge in [0.05, 0.1) is 0 Å². The molecule has 0 bridgehead atoms. The van der Waals surface area contributed by atoms with Gasteiger partial charge in [-0.15, -0.1) is 0 Å². The highest BCUT2D eigenvalue weighted by molar-refractivity contribution is 5.91. The molecule has 1 aliphatic rings. The van der Waals surface area contributed by atoms with Crippen LogP contribution < -0.4 is 0 Å². The number of ketones is 1. The fourth-order valence-corrected chi connectivity index (χ4v) is 2.96. The van der Waals surface area contributed by atoms with Gasteiger partial charge in [0.25, 0.3) is 0 Å². The van der Waals surface area contributed by atoms with Gasteiger partial charge in [-0.25, -0.2) is 0 Å². The lowest BCUT2D eigenvalue weighted by molar-refractivity contribution is -0.115. The third-order valence-corrected chi connectivity index (χ3v) is 4.43. The summed E-state index contributed by atoms with van der Waals surface area (Å²) < 4.78 is 0. The fourth-order valence-electron chi connectivity index (χ4n) is 2.96. The van der Waals surface area contributed by atoms with E-state index in [4.69, 9.17) is 5.11 Å². The second kappa shape index (κ2) is 11.1. The Balaban J connectivity index is 1.93. The molecule has 0 aromatic rings. The summed E-state index contributed by atoms with van der Waals surface area (Å²) >= 11 is 0. The van der Waals surface area contributed by atoms with E-state index in [1.807, 2.05) is 6.08 Å². The predicted molar refractivity (Wildman–Crippen MR) is 84.7 cm³/mol. The molecule has 1 atom stereocenters. The number of rotatable bonds is 11. The largest absolute Gasteiger partial charge is 0.396 e. The molecular weight excluding hydrogens is 248 g/mol. The van der Waals surface area contributed by atoms with Crippen LogP contribution in [0.2, 0.25) is 0 Å². The van der Waals surface area contributed by atoms with E-state index in [0.717, 1.165) is 25.7 Å². The highest BCUT2D eigenvalue weighted by atomic mass is 16.2. The summed E-state index contributed by atoms with van der Waals surface area (Å²) in [6.45, 7) is 2.60. The smallest absolute Gasteiger partial charge is 0.155 e. The number of carbonyl (C=O) groups is 1. The van der Waals surface area contributed by atoms with Crippen LogP contribution in [-0.2, 0) is 4.79 Å². The summed E-state index contributed by atoms with van der Waals surface area (Å²) in [5.74, 6) is 0.959. The van der Waals surface area contributed by atoms with E-state index in [-0.39, 0.29) is 0 Å². The molecule has 1 aliphatic carbocycles.